The van der Waals surface area contributed by atoms with Gasteiger partial charge in [0.2, 0.25) is 0 Å². The van der Waals surface area contributed by atoms with Crippen molar-refractivity contribution in [3.8, 4) is 0 Å². The molecule has 0 aromatic carbocycles. The Hall–Kier alpha value is -0.390. The zero-order chi connectivity index (χ0) is 10.7. The molecule has 0 saturated carbocycles. The molecule has 6 heteroatoms. The zero-order valence-corrected chi connectivity index (χ0v) is 7.29. The van der Waals surface area contributed by atoms with Crippen LogP contribution in [0.3, 0.4) is 0 Å². The molecule has 0 N–H and O–H groups in total. The third-order valence-corrected chi connectivity index (χ3v) is 1.54. The number of hydrogen-bond acceptors (Lipinski definition) is 1. The van der Waals surface area contributed by atoms with E-state index in [0.717, 1.165) is 0 Å². The van der Waals surface area contributed by atoms with Gasteiger partial charge in [-0.05, 0) is 13.3 Å². The highest BCUT2D eigenvalue weighted by molar-refractivity contribution is 4.75. The van der Waals surface area contributed by atoms with Gasteiger partial charge in [-0.3, -0.25) is 0 Å². The van der Waals surface area contributed by atoms with Gasteiger partial charge in [-0.1, -0.05) is 6.92 Å². The molecule has 1 unspecified atom stereocenters. The van der Waals surface area contributed by atoms with Gasteiger partial charge in [0.05, 0.1) is 6.10 Å². The minimum atomic E-state index is -5.53. The van der Waals surface area contributed by atoms with Crippen LogP contribution < -0.4 is 0 Å². The second-order valence-corrected chi connectivity index (χ2v) is 2.73. The second-order valence-electron chi connectivity index (χ2n) is 2.73. The van der Waals surface area contributed by atoms with Crippen molar-refractivity contribution in [3.63, 3.8) is 0 Å². The highest BCUT2D eigenvalue weighted by Crippen LogP contribution is 2.35. The van der Waals surface area contributed by atoms with Gasteiger partial charge in [0.15, 0.2) is 0 Å². The van der Waals surface area contributed by atoms with Crippen LogP contribution in [0.1, 0.15) is 20.3 Å². The van der Waals surface area contributed by atoms with Crippen LogP contribution in [-0.4, -0.2) is 24.8 Å². The average Bonchev–Trinajstić information content (AvgIpc) is 1.98. The Morgan fingerprint density at radius 2 is 1.62 bits per heavy atom. The van der Waals surface area contributed by atoms with Crippen LogP contribution >= 0.6 is 0 Å². The third-order valence-electron chi connectivity index (χ3n) is 1.54. The van der Waals surface area contributed by atoms with Crippen LogP contribution in [0.15, 0.2) is 0 Å². The lowest BCUT2D eigenvalue weighted by Crippen LogP contribution is -2.41. The van der Waals surface area contributed by atoms with Crippen molar-refractivity contribution in [2.75, 3.05) is 6.61 Å². The van der Waals surface area contributed by atoms with Crippen LogP contribution in [0.25, 0.3) is 0 Å². The van der Waals surface area contributed by atoms with Gasteiger partial charge in [-0.15, -0.1) is 0 Å². The fourth-order valence-electron chi connectivity index (χ4n) is 0.447. The molecule has 0 amide bonds. The molecule has 80 valence electrons. The molecular weight excluding hydrogens is 195 g/mol. The van der Waals surface area contributed by atoms with Crippen LogP contribution in [0, 0.1) is 0 Å². The van der Waals surface area contributed by atoms with Crippen molar-refractivity contribution in [3.05, 3.63) is 0 Å². The summed E-state index contributed by atoms with van der Waals surface area (Å²) in [6.45, 7) is 1.47. The molecule has 0 aromatic heterocycles. The second kappa shape index (κ2) is 4.21. The van der Waals surface area contributed by atoms with E-state index in [1.54, 1.807) is 6.92 Å². The molecule has 0 spiro atoms. The predicted molar refractivity (Wildman–Crippen MR) is 36.7 cm³/mol. The molecule has 0 radical (unpaired) electrons. The summed E-state index contributed by atoms with van der Waals surface area (Å²) in [6, 6.07) is 0. The van der Waals surface area contributed by atoms with Crippen molar-refractivity contribution in [1.82, 2.24) is 0 Å². The van der Waals surface area contributed by atoms with Crippen molar-refractivity contribution in [2.45, 2.75) is 38.5 Å². The molecule has 0 aromatic rings. The quantitative estimate of drug-likeness (QED) is 0.642. The van der Waals surface area contributed by atoms with Gasteiger partial charge in [0.25, 0.3) is 0 Å². The average molecular weight is 206 g/mol. The zero-order valence-electron chi connectivity index (χ0n) is 7.29. The maximum absolute atomic E-state index is 12.2. The first-order chi connectivity index (χ1) is 5.70. The molecule has 0 aliphatic carbocycles. The predicted octanol–water partition coefficient (Wildman–Crippen LogP) is 3.00. The van der Waals surface area contributed by atoms with E-state index in [2.05, 4.69) is 4.74 Å². The number of hydrogen-bond donors (Lipinski definition) is 0. The Balaban J connectivity index is 4.04. The fourth-order valence-corrected chi connectivity index (χ4v) is 0.447. The minimum absolute atomic E-state index is 0.397. The topological polar surface area (TPSA) is 9.23 Å². The van der Waals surface area contributed by atoms with Gasteiger partial charge < -0.3 is 4.74 Å². The summed E-state index contributed by atoms with van der Waals surface area (Å²) in [4.78, 5) is 0. The van der Waals surface area contributed by atoms with Crippen LogP contribution in [0.5, 0.6) is 0 Å². The molecule has 1 nitrogen and oxygen atoms in total. The lowest BCUT2D eigenvalue weighted by atomic mass is 10.3. The molecule has 0 aliphatic heterocycles. The summed E-state index contributed by atoms with van der Waals surface area (Å²) in [6.07, 6.45) is -5.72. The molecular formula is C7H11F5O. The van der Waals surface area contributed by atoms with Gasteiger partial charge in [0, 0.05) is 0 Å². The van der Waals surface area contributed by atoms with Crippen molar-refractivity contribution < 1.29 is 26.7 Å². The van der Waals surface area contributed by atoms with Crippen molar-refractivity contribution in [2.24, 2.45) is 0 Å². The summed E-state index contributed by atoms with van der Waals surface area (Å²) >= 11 is 0. The molecule has 0 rings (SSSR count). The van der Waals surface area contributed by atoms with E-state index in [1.165, 1.54) is 6.92 Å². The number of rotatable bonds is 4. The van der Waals surface area contributed by atoms with Crippen molar-refractivity contribution >= 4 is 0 Å². The number of ether oxygens (including phenoxy) is 1. The summed E-state index contributed by atoms with van der Waals surface area (Å²) in [5.41, 5.74) is 0. The molecule has 0 bridgehead atoms. The normalized spacial score (nSPS) is 15.9. The molecule has 0 saturated heterocycles. The van der Waals surface area contributed by atoms with Crippen molar-refractivity contribution in [1.29, 1.82) is 0 Å². The van der Waals surface area contributed by atoms with Gasteiger partial charge in [0.1, 0.15) is 6.61 Å². The molecule has 0 fully saturated rings. The largest absolute Gasteiger partial charge is 0.455 e. The van der Waals surface area contributed by atoms with Gasteiger partial charge >= 0.3 is 12.1 Å². The van der Waals surface area contributed by atoms with E-state index in [1.807, 2.05) is 0 Å². The first kappa shape index (κ1) is 12.6. The fraction of sp³-hybridized carbons (Fsp3) is 1.00. The Morgan fingerprint density at radius 1 is 1.15 bits per heavy atom. The number of alkyl halides is 5. The first-order valence-corrected chi connectivity index (χ1v) is 3.77. The maximum atomic E-state index is 12.2. The maximum Gasteiger partial charge on any atom is 0.455 e. The van der Waals surface area contributed by atoms with Crippen LogP contribution in [0.4, 0.5) is 22.0 Å². The van der Waals surface area contributed by atoms with Gasteiger partial charge in [-0.25, -0.2) is 0 Å². The summed E-state index contributed by atoms with van der Waals surface area (Å²) in [7, 11) is 0. The van der Waals surface area contributed by atoms with Crippen LogP contribution in [-0.2, 0) is 4.74 Å². The van der Waals surface area contributed by atoms with E-state index in [4.69, 9.17) is 0 Å². The lowest BCUT2D eigenvalue weighted by Gasteiger charge is -2.21. The number of halogens is 5. The van der Waals surface area contributed by atoms with E-state index >= 15 is 0 Å². The highest BCUT2D eigenvalue weighted by atomic mass is 19.4. The monoisotopic (exact) mass is 206 g/mol. The Kier molecular flexibility index (Phi) is 4.09. The van der Waals surface area contributed by atoms with Gasteiger partial charge in [-0.2, -0.15) is 22.0 Å². The smallest absolute Gasteiger partial charge is 0.372 e. The van der Waals surface area contributed by atoms with E-state index in [-0.39, 0.29) is 0 Å². The Labute approximate surface area is 72.9 Å². The standard InChI is InChI=1S/C7H11F5O/c1-3-5(2)13-4-6(8,9)7(10,11)12/h5H,3-4H2,1-2H3. The SMILES string of the molecule is CCC(C)OCC(F)(F)C(F)(F)F. The molecule has 0 aliphatic rings. The molecule has 13 heavy (non-hydrogen) atoms. The van der Waals surface area contributed by atoms with E-state index < -0.39 is 24.8 Å². The highest BCUT2D eigenvalue weighted by Gasteiger charge is 2.57. The third kappa shape index (κ3) is 3.89. The van der Waals surface area contributed by atoms with E-state index in [0.29, 0.717) is 6.42 Å². The van der Waals surface area contributed by atoms with Crippen LogP contribution in [0.2, 0.25) is 0 Å². The molecule has 1 atom stereocenters. The lowest BCUT2D eigenvalue weighted by molar-refractivity contribution is -0.299. The summed E-state index contributed by atoms with van der Waals surface area (Å²) < 4.78 is 63.3. The van der Waals surface area contributed by atoms with E-state index in [9.17, 15) is 22.0 Å². The Morgan fingerprint density at radius 3 is 1.92 bits per heavy atom. The summed E-state index contributed by atoms with van der Waals surface area (Å²) in [5.74, 6) is -4.75. The minimum Gasteiger partial charge on any atom is -0.372 e. The first-order valence-electron chi connectivity index (χ1n) is 3.77. The summed E-state index contributed by atoms with van der Waals surface area (Å²) in [5, 5.41) is 0. The Bertz CT molecular complexity index is 153. The molecule has 0 heterocycles.